The van der Waals surface area contributed by atoms with Crippen molar-refractivity contribution in [3.63, 3.8) is 0 Å². The maximum absolute atomic E-state index is 5.78. The monoisotopic (exact) mass is 296 g/mol. The van der Waals surface area contributed by atoms with Crippen molar-refractivity contribution in [1.29, 1.82) is 0 Å². The molecule has 0 amide bonds. The smallest absolute Gasteiger partial charge is 0.119 e. The van der Waals surface area contributed by atoms with Crippen LogP contribution in [0.25, 0.3) is 0 Å². The Morgan fingerprint density at radius 3 is 2.82 bits per heavy atom. The molecule has 4 heteroatoms. The summed E-state index contributed by atoms with van der Waals surface area (Å²) in [5.41, 5.74) is 6.83. The third kappa shape index (κ3) is 3.74. The zero-order valence-corrected chi connectivity index (χ0v) is 11.6. The summed E-state index contributed by atoms with van der Waals surface area (Å²) < 4.78 is 6.20. The van der Waals surface area contributed by atoms with Gasteiger partial charge in [0.15, 0.2) is 0 Å². The molecule has 1 aromatic carbocycles. The number of methoxy groups -OCH3 is 1. The summed E-state index contributed by atoms with van der Waals surface area (Å²) in [6, 6.07) is 5.77. The highest BCUT2D eigenvalue weighted by Crippen LogP contribution is 2.27. The molecule has 2 unspecified atom stereocenters. The maximum Gasteiger partial charge on any atom is 0.119 e. The van der Waals surface area contributed by atoms with Crippen molar-refractivity contribution in [3.05, 3.63) is 28.2 Å². The second-order valence-corrected chi connectivity index (χ2v) is 4.59. The van der Waals surface area contributed by atoms with Gasteiger partial charge in [0.2, 0.25) is 0 Å². The van der Waals surface area contributed by atoms with Crippen molar-refractivity contribution in [1.82, 2.24) is 5.32 Å². The van der Waals surface area contributed by atoms with Gasteiger partial charge in [-0.25, -0.2) is 0 Å². The van der Waals surface area contributed by atoms with Gasteiger partial charge in [-0.05, 0) is 30.7 Å². The standard InChI is InChI=1S/C13H17BrN2O/c1-4-9(2)16-13(8-15)11-7-10(17-3)5-6-12(11)14/h1,5-7,9,13,16H,8,15H2,2-3H3. The van der Waals surface area contributed by atoms with Gasteiger partial charge in [0.05, 0.1) is 13.2 Å². The largest absolute Gasteiger partial charge is 0.497 e. The number of rotatable bonds is 5. The number of benzene rings is 1. The number of nitrogens with two attached hydrogens (primary N) is 1. The molecule has 92 valence electrons. The first-order valence-corrected chi connectivity index (χ1v) is 6.17. The minimum Gasteiger partial charge on any atom is -0.497 e. The lowest BCUT2D eigenvalue weighted by atomic mass is 10.1. The van der Waals surface area contributed by atoms with Crippen LogP contribution in [0.4, 0.5) is 0 Å². The quantitative estimate of drug-likeness (QED) is 0.818. The molecule has 0 aliphatic rings. The van der Waals surface area contributed by atoms with Gasteiger partial charge in [-0.2, -0.15) is 0 Å². The van der Waals surface area contributed by atoms with E-state index in [9.17, 15) is 0 Å². The van der Waals surface area contributed by atoms with Crippen molar-refractivity contribution in [3.8, 4) is 18.1 Å². The van der Waals surface area contributed by atoms with Crippen LogP contribution < -0.4 is 15.8 Å². The highest BCUT2D eigenvalue weighted by Gasteiger charge is 2.15. The van der Waals surface area contributed by atoms with Crippen LogP contribution in [0.5, 0.6) is 5.75 Å². The lowest BCUT2D eigenvalue weighted by Gasteiger charge is -2.21. The Hall–Kier alpha value is -1.02. The number of nitrogens with one attached hydrogen (secondary N) is 1. The number of terminal acetylenes is 1. The Morgan fingerprint density at radius 2 is 2.29 bits per heavy atom. The molecule has 2 atom stereocenters. The molecule has 0 heterocycles. The maximum atomic E-state index is 5.78. The molecule has 3 N–H and O–H groups in total. The molecule has 0 spiro atoms. The summed E-state index contributed by atoms with van der Waals surface area (Å²) in [6.07, 6.45) is 5.36. The fraction of sp³-hybridized carbons (Fsp3) is 0.385. The highest BCUT2D eigenvalue weighted by atomic mass is 79.9. The molecule has 3 nitrogen and oxygen atoms in total. The minimum atomic E-state index is -0.0262. The predicted molar refractivity (Wildman–Crippen MR) is 73.9 cm³/mol. The molecular weight excluding hydrogens is 280 g/mol. The molecule has 0 fully saturated rings. The molecule has 1 aromatic rings. The van der Waals surface area contributed by atoms with Crippen molar-refractivity contribution in [2.24, 2.45) is 5.73 Å². The topological polar surface area (TPSA) is 47.3 Å². The first-order valence-electron chi connectivity index (χ1n) is 5.38. The van der Waals surface area contributed by atoms with Crippen LogP contribution in [0, 0.1) is 12.3 Å². The normalized spacial score (nSPS) is 13.8. The van der Waals surface area contributed by atoms with Gasteiger partial charge in [-0.1, -0.05) is 21.9 Å². The zero-order valence-electron chi connectivity index (χ0n) is 10.0. The van der Waals surface area contributed by atoms with E-state index in [4.69, 9.17) is 16.9 Å². The van der Waals surface area contributed by atoms with Gasteiger partial charge in [0.25, 0.3) is 0 Å². The van der Waals surface area contributed by atoms with E-state index in [1.807, 2.05) is 25.1 Å². The average molecular weight is 297 g/mol. The van der Waals surface area contributed by atoms with E-state index in [1.165, 1.54) is 0 Å². The van der Waals surface area contributed by atoms with E-state index in [2.05, 4.69) is 27.2 Å². The Balaban J connectivity index is 2.98. The van der Waals surface area contributed by atoms with E-state index in [0.717, 1.165) is 15.8 Å². The van der Waals surface area contributed by atoms with Gasteiger partial charge < -0.3 is 10.5 Å². The fourth-order valence-electron chi connectivity index (χ4n) is 1.55. The zero-order chi connectivity index (χ0) is 12.8. The van der Waals surface area contributed by atoms with Crippen LogP contribution in [0.15, 0.2) is 22.7 Å². The SMILES string of the molecule is C#CC(C)NC(CN)c1cc(OC)ccc1Br. The van der Waals surface area contributed by atoms with Gasteiger partial charge in [0, 0.05) is 17.1 Å². The summed E-state index contributed by atoms with van der Waals surface area (Å²) in [6.45, 7) is 2.40. The summed E-state index contributed by atoms with van der Waals surface area (Å²) in [5.74, 6) is 3.44. The molecule has 0 bridgehead atoms. The number of hydrogen-bond acceptors (Lipinski definition) is 3. The van der Waals surface area contributed by atoms with Crippen LogP contribution >= 0.6 is 15.9 Å². The molecule has 0 aliphatic carbocycles. The van der Waals surface area contributed by atoms with Crippen molar-refractivity contribution in [2.45, 2.75) is 19.0 Å². The first-order chi connectivity index (χ1) is 8.12. The predicted octanol–water partition coefficient (Wildman–Crippen LogP) is 2.07. The van der Waals surface area contributed by atoms with E-state index < -0.39 is 0 Å². The first kappa shape index (κ1) is 14.0. The minimum absolute atomic E-state index is 0.00512. The number of hydrogen-bond donors (Lipinski definition) is 2. The van der Waals surface area contributed by atoms with E-state index in [0.29, 0.717) is 6.54 Å². The third-order valence-electron chi connectivity index (χ3n) is 2.52. The van der Waals surface area contributed by atoms with Gasteiger partial charge in [0.1, 0.15) is 5.75 Å². The fourth-order valence-corrected chi connectivity index (χ4v) is 2.07. The van der Waals surface area contributed by atoms with Crippen molar-refractivity contribution < 1.29 is 4.74 Å². The molecule has 0 radical (unpaired) electrons. The number of halogens is 1. The summed E-state index contributed by atoms with van der Waals surface area (Å²) in [4.78, 5) is 0. The highest BCUT2D eigenvalue weighted by molar-refractivity contribution is 9.10. The summed E-state index contributed by atoms with van der Waals surface area (Å²) >= 11 is 3.51. The lowest BCUT2D eigenvalue weighted by molar-refractivity contribution is 0.412. The van der Waals surface area contributed by atoms with Crippen molar-refractivity contribution >= 4 is 15.9 Å². The van der Waals surface area contributed by atoms with Crippen LogP contribution in [0.2, 0.25) is 0 Å². The van der Waals surface area contributed by atoms with Gasteiger partial charge in [-0.3, -0.25) is 5.32 Å². The second kappa shape index (κ2) is 6.65. The van der Waals surface area contributed by atoms with Gasteiger partial charge >= 0.3 is 0 Å². The van der Waals surface area contributed by atoms with Gasteiger partial charge in [-0.15, -0.1) is 6.42 Å². The van der Waals surface area contributed by atoms with E-state index in [1.54, 1.807) is 7.11 Å². The van der Waals surface area contributed by atoms with Crippen molar-refractivity contribution in [2.75, 3.05) is 13.7 Å². The molecule has 1 rings (SSSR count). The van der Waals surface area contributed by atoms with E-state index >= 15 is 0 Å². The molecule has 0 aromatic heterocycles. The molecule has 0 saturated heterocycles. The Kier molecular flexibility index (Phi) is 5.49. The van der Waals surface area contributed by atoms with Crippen LogP contribution in [-0.4, -0.2) is 19.7 Å². The Labute approximate surface area is 111 Å². The lowest BCUT2D eigenvalue weighted by Crippen LogP contribution is -2.34. The molecule has 0 aliphatic heterocycles. The second-order valence-electron chi connectivity index (χ2n) is 3.73. The van der Waals surface area contributed by atoms with E-state index in [-0.39, 0.29) is 12.1 Å². The van der Waals surface area contributed by atoms with Crippen LogP contribution in [0.3, 0.4) is 0 Å². The molecule has 17 heavy (non-hydrogen) atoms. The molecule has 0 saturated carbocycles. The molecular formula is C13H17BrN2O. The third-order valence-corrected chi connectivity index (χ3v) is 3.24. The summed E-state index contributed by atoms with van der Waals surface area (Å²) in [5, 5.41) is 3.28. The van der Waals surface area contributed by atoms with Crippen LogP contribution in [-0.2, 0) is 0 Å². The van der Waals surface area contributed by atoms with Crippen LogP contribution in [0.1, 0.15) is 18.5 Å². The number of ether oxygens (including phenoxy) is 1. The average Bonchev–Trinajstić information content (AvgIpc) is 2.36. The summed E-state index contributed by atoms with van der Waals surface area (Å²) in [7, 11) is 1.64. The Bertz CT molecular complexity index is 414. The Morgan fingerprint density at radius 1 is 1.59 bits per heavy atom.